The highest BCUT2D eigenvalue weighted by molar-refractivity contribution is 6.36. The Morgan fingerprint density at radius 1 is 0.955 bits per heavy atom. The number of nitrogens with one attached hydrogen (secondary N) is 1. The molecule has 1 amide bonds. The maximum absolute atomic E-state index is 12.5. The summed E-state index contributed by atoms with van der Waals surface area (Å²) in [5.74, 6) is -0.128. The Labute approximate surface area is 134 Å². The third-order valence-electron chi connectivity index (χ3n) is 3.73. The van der Waals surface area contributed by atoms with Gasteiger partial charge in [0, 0.05) is 21.7 Å². The number of carbonyl (C=O) groups is 1. The van der Waals surface area contributed by atoms with Crippen molar-refractivity contribution in [3.63, 3.8) is 0 Å². The van der Waals surface area contributed by atoms with Crippen molar-refractivity contribution in [2.75, 3.05) is 5.32 Å². The lowest BCUT2D eigenvalue weighted by Crippen LogP contribution is -2.12. The Kier molecular flexibility index (Phi) is 4.12. The number of carbonyl (C=O) groups excluding carboxylic acids is 1. The molecule has 2 nitrogen and oxygen atoms in total. The van der Waals surface area contributed by atoms with E-state index in [2.05, 4.69) is 12.2 Å². The molecule has 0 aliphatic rings. The van der Waals surface area contributed by atoms with Crippen LogP contribution in [0.2, 0.25) is 5.02 Å². The molecule has 22 heavy (non-hydrogen) atoms. The van der Waals surface area contributed by atoms with Crippen LogP contribution in [0.4, 0.5) is 5.69 Å². The second kappa shape index (κ2) is 6.20. The highest BCUT2D eigenvalue weighted by Gasteiger charge is 2.11. The van der Waals surface area contributed by atoms with Gasteiger partial charge < -0.3 is 5.32 Å². The number of aryl methyl sites for hydroxylation is 1. The molecular formula is C19H16ClNO. The summed E-state index contributed by atoms with van der Waals surface area (Å²) in [6.45, 7) is 2.10. The lowest BCUT2D eigenvalue weighted by molar-refractivity contribution is 0.102. The van der Waals surface area contributed by atoms with Gasteiger partial charge in [-0.15, -0.1) is 0 Å². The molecule has 3 aromatic rings. The average Bonchev–Trinajstić information content (AvgIpc) is 2.55. The summed E-state index contributed by atoms with van der Waals surface area (Å²) in [6.07, 6.45) is 0.982. The molecular weight excluding hydrogens is 294 g/mol. The van der Waals surface area contributed by atoms with Crippen LogP contribution in [0.3, 0.4) is 0 Å². The minimum Gasteiger partial charge on any atom is -0.322 e. The lowest BCUT2D eigenvalue weighted by atomic mass is 10.0. The van der Waals surface area contributed by atoms with E-state index < -0.39 is 0 Å². The lowest BCUT2D eigenvalue weighted by Gasteiger charge is -2.09. The quantitative estimate of drug-likeness (QED) is 0.698. The Bertz CT molecular complexity index is 824. The van der Waals surface area contributed by atoms with Crippen LogP contribution in [0.5, 0.6) is 0 Å². The van der Waals surface area contributed by atoms with Crippen molar-refractivity contribution in [3.05, 3.63) is 76.8 Å². The highest BCUT2D eigenvalue weighted by atomic mass is 35.5. The molecule has 0 heterocycles. The fraction of sp³-hybridized carbons (Fsp3) is 0.105. The fourth-order valence-corrected chi connectivity index (χ4v) is 2.73. The van der Waals surface area contributed by atoms with Crippen molar-refractivity contribution >= 4 is 34.0 Å². The van der Waals surface area contributed by atoms with Gasteiger partial charge in [0.15, 0.2) is 0 Å². The molecule has 0 spiro atoms. The Morgan fingerprint density at radius 3 is 2.36 bits per heavy atom. The van der Waals surface area contributed by atoms with Crippen LogP contribution in [0.1, 0.15) is 22.8 Å². The Morgan fingerprint density at radius 2 is 1.64 bits per heavy atom. The fourth-order valence-electron chi connectivity index (χ4n) is 2.49. The molecule has 0 fully saturated rings. The van der Waals surface area contributed by atoms with Crippen LogP contribution in [0.15, 0.2) is 60.7 Å². The molecule has 1 N–H and O–H groups in total. The predicted octanol–water partition coefficient (Wildman–Crippen LogP) is 5.31. The number of benzene rings is 3. The number of halogens is 1. The van der Waals surface area contributed by atoms with Crippen molar-refractivity contribution < 1.29 is 4.79 Å². The molecule has 0 saturated heterocycles. The van der Waals surface area contributed by atoms with Crippen LogP contribution < -0.4 is 5.32 Å². The van der Waals surface area contributed by atoms with E-state index in [1.54, 1.807) is 0 Å². The number of rotatable bonds is 3. The molecule has 110 valence electrons. The van der Waals surface area contributed by atoms with Gasteiger partial charge in [-0.2, -0.15) is 0 Å². The second-order valence-corrected chi connectivity index (χ2v) is 5.55. The second-order valence-electron chi connectivity index (χ2n) is 5.15. The summed E-state index contributed by atoms with van der Waals surface area (Å²) in [6, 6.07) is 19.1. The van der Waals surface area contributed by atoms with Crippen molar-refractivity contribution in [1.82, 2.24) is 0 Å². The summed E-state index contributed by atoms with van der Waals surface area (Å²) in [5, 5.41) is 5.34. The van der Waals surface area contributed by atoms with E-state index in [9.17, 15) is 4.79 Å². The topological polar surface area (TPSA) is 29.1 Å². The van der Waals surface area contributed by atoms with Crippen LogP contribution >= 0.6 is 11.6 Å². The van der Waals surface area contributed by atoms with Gasteiger partial charge in [-0.05, 0) is 41.6 Å². The van der Waals surface area contributed by atoms with Gasteiger partial charge in [-0.3, -0.25) is 4.79 Å². The van der Waals surface area contributed by atoms with E-state index in [4.69, 9.17) is 11.6 Å². The van der Waals surface area contributed by atoms with E-state index in [-0.39, 0.29) is 5.91 Å². The predicted molar refractivity (Wildman–Crippen MR) is 92.7 cm³/mol. The van der Waals surface area contributed by atoms with Crippen molar-refractivity contribution in [3.8, 4) is 0 Å². The van der Waals surface area contributed by atoms with Gasteiger partial charge >= 0.3 is 0 Å². The first-order valence-electron chi connectivity index (χ1n) is 7.26. The molecule has 0 saturated carbocycles. The number of anilines is 1. The molecule has 0 aliphatic heterocycles. The molecule has 0 aromatic heterocycles. The minimum absolute atomic E-state index is 0.128. The molecule has 0 radical (unpaired) electrons. The summed E-state index contributed by atoms with van der Waals surface area (Å²) in [4.78, 5) is 12.5. The van der Waals surface area contributed by atoms with E-state index >= 15 is 0 Å². The third kappa shape index (κ3) is 2.83. The summed E-state index contributed by atoms with van der Waals surface area (Å²) < 4.78 is 0. The van der Waals surface area contributed by atoms with Crippen LogP contribution in [0.25, 0.3) is 10.8 Å². The van der Waals surface area contributed by atoms with Gasteiger partial charge in [-0.1, -0.05) is 54.9 Å². The average molecular weight is 310 g/mol. The van der Waals surface area contributed by atoms with Gasteiger partial charge in [0.05, 0.1) is 0 Å². The molecule has 0 bridgehead atoms. The van der Waals surface area contributed by atoms with Crippen molar-refractivity contribution in [1.29, 1.82) is 0 Å². The maximum Gasteiger partial charge on any atom is 0.256 e. The summed E-state index contributed by atoms with van der Waals surface area (Å²) >= 11 is 6.20. The molecule has 3 aromatic carbocycles. The van der Waals surface area contributed by atoms with E-state index in [0.717, 1.165) is 22.9 Å². The number of fused-ring (bicyclic) bond motifs is 1. The van der Waals surface area contributed by atoms with Gasteiger partial charge in [-0.25, -0.2) is 0 Å². The molecule has 3 rings (SSSR count). The van der Waals surface area contributed by atoms with E-state index in [0.29, 0.717) is 10.6 Å². The maximum atomic E-state index is 12.5. The van der Waals surface area contributed by atoms with E-state index in [1.807, 2.05) is 60.7 Å². The number of hydrogen-bond acceptors (Lipinski definition) is 1. The minimum atomic E-state index is -0.128. The molecule has 0 atom stereocenters. The zero-order valence-corrected chi connectivity index (χ0v) is 13.0. The first-order valence-corrected chi connectivity index (χ1v) is 7.64. The van der Waals surface area contributed by atoms with Gasteiger partial charge in [0.1, 0.15) is 0 Å². The zero-order valence-electron chi connectivity index (χ0n) is 12.3. The monoisotopic (exact) mass is 309 g/mol. The van der Waals surface area contributed by atoms with Gasteiger partial charge in [0.2, 0.25) is 0 Å². The van der Waals surface area contributed by atoms with Crippen LogP contribution in [-0.2, 0) is 6.42 Å². The van der Waals surface area contributed by atoms with E-state index in [1.165, 1.54) is 5.56 Å². The SMILES string of the molecule is CCc1ccc(NC(=O)c2cccc3c(Cl)cccc23)cc1. The standard InChI is InChI=1S/C19H16ClNO/c1-2-13-9-11-14(12-10-13)21-19(22)17-7-3-6-16-15(17)5-4-8-18(16)20/h3-12H,2H2,1H3,(H,21,22). The van der Waals surface area contributed by atoms with Gasteiger partial charge in [0.25, 0.3) is 5.91 Å². The highest BCUT2D eigenvalue weighted by Crippen LogP contribution is 2.26. The molecule has 3 heteroatoms. The molecule has 0 unspecified atom stereocenters. The third-order valence-corrected chi connectivity index (χ3v) is 4.06. The smallest absolute Gasteiger partial charge is 0.256 e. The first kappa shape index (κ1) is 14.6. The zero-order chi connectivity index (χ0) is 15.5. The normalized spacial score (nSPS) is 10.6. The van der Waals surface area contributed by atoms with Crippen LogP contribution in [0, 0.1) is 0 Å². The van der Waals surface area contributed by atoms with Crippen molar-refractivity contribution in [2.45, 2.75) is 13.3 Å². The Balaban J connectivity index is 1.93. The number of amides is 1. The molecule has 0 aliphatic carbocycles. The first-order chi connectivity index (χ1) is 10.7. The summed E-state index contributed by atoms with van der Waals surface area (Å²) in [5.41, 5.74) is 2.66. The van der Waals surface area contributed by atoms with Crippen molar-refractivity contribution in [2.24, 2.45) is 0 Å². The Hall–Kier alpha value is -2.32. The summed E-state index contributed by atoms with van der Waals surface area (Å²) in [7, 11) is 0. The number of hydrogen-bond donors (Lipinski definition) is 1. The largest absolute Gasteiger partial charge is 0.322 e. The van der Waals surface area contributed by atoms with Crippen LogP contribution in [-0.4, -0.2) is 5.91 Å².